The van der Waals surface area contributed by atoms with Crippen molar-refractivity contribution in [2.24, 2.45) is 4.99 Å². The second kappa shape index (κ2) is 5.76. The SMILES string of the molecule is Oc1c(C=Nc2ccc(Cl)cc2Cl)ccc2ccccc12. The summed E-state index contributed by atoms with van der Waals surface area (Å²) < 4.78 is 0. The van der Waals surface area contributed by atoms with Crippen LogP contribution in [0.5, 0.6) is 5.75 Å². The maximum Gasteiger partial charge on any atom is 0.132 e. The molecule has 0 radical (unpaired) electrons. The van der Waals surface area contributed by atoms with Crippen molar-refractivity contribution in [3.63, 3.8) is 0 Å². The Morgan fingerprint density at radius 2 is 1.76 bits per heavy atom. The molecule has 0 aliphatic carbocycles. The van der Waals surface area contributed by atoms with Crippen LogP contribution < -0.4 is 0 Å². The van der Waals surface area contributed by atoms with E-state index in [0.29, 0.717) is 21.3 Å². The summed E-state index contributed by atoms with van der Waals surface area (Å²) in [7, 11) is 0. The highest BCUT2D eigenvalue weighted by atomic mass is 35.5. The third-order valence-electron chi connectivity index (χ3n) is 3.18. The first-order valence-corrected chi connectivity index (χ1v) is 7.10. The van der Waals surface area contributed by atoms with Gasteiger partial charge in [0.1, 0.15) is 5.75 Å². The van der Waals surface area contributed by atoms with Gasteiger partial charge in [0.05, 0.1) is 10.7 Å². The summed E-state index contributed by atoms with van der Waals surface area (Å²) in [5, 5.41) is 13.1. The highest BCUT2D eigenvalue weighted by Gasteiger charge is 2.04. The molecule has 0 bridgehead atoms. The van der Waals surface area contributed by atoms with Gasteiger partial charge in [-0.3, -0.25) is 4.99 Å². The Labute approximate surface area is 132 Å². The Hall–Kier alpha value is -2.03. The second-order valence-corrected chi connectivity index (χ2v) is 5.42. The van der Waals surface area contributed by atoms with Crippen molar-refractivity contribution < 1.29 is 5.11 Å². The fraction of sp³-hybridized carbons (Fsp3) is 0. The van der Waals surface area contributed by atoms with Gasteiger partial charge >= 0.3 is 0 Å². The van der Waals surface area contributed by atoms with E-state index in [1.165, 1.54) is 0 Å². The van der Waals surface area contributed by atoms with E-state index < -0.39 is 0 Å². The van der Waals surface area contributed by atoms with Gasteiger partial charge in [-0.2, -0.15) is 0 Å². The van der Waals surface area contributed by atoms with Gasteiger partial charge in [-0.25, -0.2) is 0 Å². The standard InChI is InChI=1S/C17H11Cl2NO/c18-13-7-8-16(15(19)9-13)20-10-12-6-5-11-3-1-2-4-14(11)17(12)21/h1-10,21H. The summed E-state index contributed by atoms with van der Waals surface area (Å²) in [4.78, 5) is 4.31. The number of aromatic hydroxyl groups is 1. The van der Waals surface area contributed by atoms with Crippen LogP contribution in [-0.2, 0) is 0 Å². The molecule has 0 saturated carbocycles. The molecule has 0 heterocycles. The number of halogens is 2. The first kappa shape index (κ1) is 13.9. The van der Waals surface area contributed by atoms with Crippen LogP contribution in [0.2, 0.25) is 10.0 Å². The highest BCUT2D eigenvalue weighted by Crippen LogP contribution is 2.30. The fourth-order valence-electron chi connectivity index (χ4n) is 2.10. The second-order valence-electron chi connectivity index (χ2n) is 4.58. The summed E-state index contributed by atoms with van der Waals surface area (Å²) in [6, 6.07) is 16.5. The molecule has 0 aliphatic rings. The average Bonchev–Trinajstić information content (AvgIpc) is 2.48. The molecule has 4 heteroatoms. The van der Waals surface area contributed by atoms with Crippen LogP contribution in [0.4, 0.5) is 5.69 Å². The number of nitrogens with zero attached hydrogens (tertiary/aromatic N) is 1. The predicted molar refractivity (Wildman–Crippen MR) is 89.3 cm³/mol. The molecule has 104 valence electrons. The number of benzene rings is 3. The topological polar surface area (TPSA) is 32.6 Å². The summed E-state index contributed by atoms with van der Waals surface area (Å²) >= 11 is 11.9. The lowest BCUT2D eigenvalue weighted by atomic mass is 10.1. The normalized spacial score (nSPS) is 11.3. The van der Waals surface area contributed by atoms with E-state index in [1.54, 1.807) is 24.4 Å². The Morgan fingerprint density at radius 3 is 2.57 bits per heavy atom. The van der Waals surface area contributed by atoms with E-state index in [9.17, 15) is 5.11 Å². The van der Waals surface area contributed by atoms with Crippen LogP contribution in [0.1, 0.15) is 5.56 Å². The van der Waals surface area contributed by atoms with Gasteiger partial charge in [-0.05, 0) is 29.7 Å². The average molecular weight is 316 g/mol. The lowest BCUT2D eigenvalue weighted by Gasteiger charge is -2.04. The summed E-state index contributed by atoms with van der Waals surface area (Å²) in [5.41, 5.74) is 1.24. The summed E-state index contributed by atoms with van der Waals surface area (Å²) in [6.07, 6.45) is 1.59. The van der Waals surface area contributed by atoms with Crippen molar-refractivity contribution in [2.75, 3.05) is 0 Å². The van der Waals surface area contributed by atoms with E-state index in [4.69, 9.17) is 23.2 Å². The minimum absolute atomic E-state index is 0.210. The minimum Gasteiger partial charge on any atom is -0.507 e. The summed E-state index contributed by atoms with van der Waals surface area (Å²) in [6.45, 7) is 0. The molecule has 1 N–H and O–H groups in total. The molecule has 21 heavy (non-hydrogen) atoms. The van der Waals surface area contributed by atoms with Crippen LogP contribution in [0.15, 0.2) is 59.6 Å². The quantitative estimate of drug-likeness (QED) is 0.613. The molecule has 3 aromatic rings. The third kappa shape index (κ3) is 2.87. The number of phenolic OH excluding ortho intramolecular Hbond substituents is 1. The van der Waals surface area contributed by atoms with Crippen LogP contribution in [-0.4, -0.2) is 11.3 Å². The number of fused-ring (bicyclic) bond motifs is 1. The monoisotopic (exact) mass is 315 g/mol. The lowest BCUT2D eigenvalue weighted by Crippen LogP contribution is -1.84. The zero-order valence-electron chi connectivity index (χ0n) is 10.9. The zero-order chi connectivity index (χ0) is 14.8. The van der Waals surface area contributed by atoms with Gasteiger partial charge in [-0.15, -0.1) is 0 Å². The molecule has 0 unspecified atom stereocenters. The summed E-state index contributed by atoms with van der Waals surface area (Å²) in [5.74, 6) is 0.210. The van der Waals surface area contributed by atoms with E-state index in [-0.39, 0.29) is 5.75 Å². The van der Waals surface area contributed by atoms with Crippen molar-refractivity contribution in [3.05, 3.63) is 70.2 Å². The third-order valence-corrected chi connectivity index (χ3v) is 3.72. The molecule has 3 rings (SSSR count). The molecule has 2 nitrogen and oxygen atoms in total. The number of phenols is 1. The van der Waals surface area contributed by atoms with Gasteiger partial charge in [-0.1, -0.05) is 53.5 Å². The predicted octanol–water partition coefficient (Wildman–Crippen LogP) is 5.60. The fourth-order valence-corrected chi connectivity index (χ4v) is 2.56. The van der Waals surface area contributed by atoms with Crippen molar-refractivity contribution >= 4 is 45.9 Å². The minimum atomic E-state index is 0.210. The number of aliphatic imine (C=N–C) groups is 1. The Balaban J connectivity index is 2.01. The van der Waals surface area contributed by atoms with Crippen molar-refractivity contribution in [1.82, 2.24) is 0 Å². The van der Waals surface area contributed by atoms with Gasteiger partial charge < -0.3 is 5.11 Å². The highest BCUT2D eigenvalue weighted by molar-refractivity contribution is 6.36. The molecule has 0 amide bonds. The van der Waals surface area contributed by atoms with Crippen molar-refractivity contribution in [2.45, 2.75) is 0 Å². The number of hydrogen-bond donors (Lipinski definition) is 1. The molecular formula is C17H11Cl2NO. The van der Waals surface area contributed by atoms with Crippen LogP contribution >= 0.6 is 23.2 Å². The molecular weight excluding hydrogens is 305 g/mol. The molecule has 0 atom stereocenters. The first-order valence-electron chi connectivity index (χ1n) is 6.35. The van der Waals surface area contributed by atoms with E-state index in [1.807, 2.05) is 36.4 Å². The van der Waals surface area contributed by atoms with E-state index in [0.717, 1.165) is 10.8 Å². The molecule has 0 saturated heterocycles. The number of rotatable bonds is 2. The van der Waals surface area contributed by atoms with E-state index in [2.05, 4.69) is 4.99 Å². The molecule has 3 aromatic carbocycles. The van der Waals surface area contributed by atoms with Crippen molar-refractivity contribution in [3.8, 4) is 5.75 Å². The zero-order valence-corrected chi connectivity index (χ0v) is 12.4. The van der Waals surface area contributed by atoms with Gasteiger partial charge in [0.15, 0.2) is 0 Å². The van der Waals surface area contributed by atoms with Crippen LogP contribution in [0.3, 0.4) is 0 Å². The van der Waals surface area contributed by atoms with Crippen LogP contribution in [0.25, 0.3) is 10.8 Å². The maximum absolute atomic E-state index is 10.3. The smallest absolute Gasteiger partial charge is 0.132 e. The maximum atomic E-state index is 10.3. The molecule has 0 fully saturated rings. The molecule has 0 aliphatic heterocycles. The Morgan fingerprint density at radius 1 is 0.952 bits per heavy atom. The van der Waals surface area contributed by atoms with Crippen molar-refractivity contribution in [1.29, 1.82) is 0 Å². The van der Waals surface area contributed by atoms with E-state index >= 15 is 0 Å². The first-order chi connectivity index (χ1) is 10.1. The molecule has 0 spiro atoms. The Bertz CT molecular complexity index is 843. The lowest BCUT2D eigenvalue weighted by molar-refractivity contribution is 0.481. The van der Waals surface area contributed by atoms with Gasteiger partial charge in [0.2, 0.25) is 0 Å². The van der Waals surface area contributed by atoms with Gasteiger partial charge in [0, 0.05) is 22.2 Å². The number of hydrogen-bond acceptors (Lipinski definition) is 2. The van der Waals surface area contributed by atoms with Crippen LogP contribution in [0, 0.1) is 0 Å². The molecule has 0 aromatic heterocycles. The largest absolute Gasteiger partial charge is 0.507 e. The van der Waals surface area contributed by atoms with Gasteiger partial charge in [0.25, 0.3) is 0 Å². The Kier molecular flexibility index (Phi) is 3.82.